The molecule has 1 aliphatic heterocycles. The minimum atomic E-state index is -3.62. The zero-order chi connectivity index (χ0) is 17.9. The lowest BCUT2D eigenvalue weighted by molar-refractivity contribution is 0.0345. The summed E-state index contributed by atoms with van der Waals surface area (Å²) < 4.78 is 34.4. The van der Waals surface area contributed by atoms with E-state index in [1.54, 1.807) is 6.07 Å². The predicted molar refractivity (Wildman–Crippen MR) is 101 cm³/mol. The molecule has 1 atom stereocenters. The largest absolute Gasteiger partial charge is 0.379 e. The van der Waals surface area contributed by atoms with Gasteiger partial charge in [0, 0.05) is 19.6 Å². The maximum Gasteiger partial charge on any atom is 0.250 e. The average Bonchev–Trinajstić information content (AvgIpc) is 3.03. The molecule has 5 nitrogen and oxygen atoms in total. The number of benzene rings is 1. The molecule has 0 aliphatic carbocycles. The van der Waals surface area contributed by atoms with E-state index in [1.165, 1.54) is 6.07 Å². The number of ether oxygens (including phenoxy) is 1. The molecule has 2 aromatic rings. The Bertz CT molecular complexity index is 800. The molecule has 136 valence electrons. The molecule has 1 unspecified atom stereocenters. The molecule has 1 fully saturated rings. The van der Waals surface area contributed by atoms with Gasteiger partial charge >= 0.3 is 0 Å². The Hall–Kier alpha value is -0.960. The van der Waals surface area contributed by atoms with Crippen molar-refractivity contribution in [3.8, 4) is 0 Å². The summed E-state index contributed by atoms with van der Waals surface area (Å²) in [5.41, 5.74) is 2.09. The van der Waals surface area contributed by atoms with Crippen LogP contribution >= 0.6 is 22.9 Å². The Kier molecular flexibility index (Phi) is 6.14. The molecule has 8 heteroatoms. The van der Waals surface area contributed by atoms with Gasteiger partial charge in [-0.15, -0.1) is 11.3 Å². The molecular formula is C17H21ClN2O3S2. The van der Waals surface area contributed by atoms with Crippen molar-refractivity contribution in [3.63, 3.8) is 0 Å². The molecule has 1 aromatic heterocycles. The van der Waals surface area contributed by atoms with Gasteiger partial charge in [-0.25, -0.2) is 13.1 Å². The predicted octanol–water partition coefficient (Wildman–Crippen LogP) is 3.06. The smallest absolute Gasteiger partial charge is 0.250 e. The first-order chi connectivity index (χ1) is 11.9. The molecule has 1 N–H and O–H groups in total. The van der Waals surface area contributed by atoms with Crippen LogP contribution in [0.2, 0.25) is 4.34 Å². The van der Waals surface area contributed by atoms with Gasteiger partial charge in [-0.1, -0.05) is 41.4 Å². The molecule has 1 aliphatic rings. The summed E-state index contributed by atoms with van der Waals surface area (Å²) in [5, 5.41) is 0. The van der Waals surface area contributed by atoms with Gasteiger partial charge in [-0.3, -0.25) is 4.90 Å². The number of halogens is 1. The lowest BCUT2D eigenvalue weighted by Gasteiger charge is -2.31. The van der Waals surface area contributed by atoms with Crippen LogP contribution in [-0.4, -0.2) is 46.2 Å². The number of nitrogens with zero attached hydrogens (tertiary/aromatic N) is 1. The van der Waals surface area contributed by atoms with Crippen LogP contribution in [0.5, 0.6) is 0 Å². The van der Waals surface area contributed by atoms with Crippen LogP contribution in [0.4, 0.5) is 0 Å². The van der Waals surface area contributed by atoms with Crippen molar-refractivity contribution in [1.82, 2.24) is 9.62 Å². The van der Waals surface area contributed by atoms with E-state index in [4.69, 9.17) is 16.3 Å². The first kappa shape index (κ1) is 18.8. The van der Waals surface area contributed by atoms with Gasteiger partial charge in [-0.05, 0) is 24.6 Å². The van der Waals surface area contributed by atoms with E-state index >= 15 is 0 Å². The van der Waals surface area contributed by atoms with Gasteiger partial charge in [0.1, 0.15) is 4.21 Å². The van der Waals surface area contributed by atoms with E-state index in [2.05, 4.69) is 9.62 Å². The van der Waals surface area contributed by atoms with E-state index in [9.17, 15) is 8.42 Å². The van der Waals surface area contributed by atoms with Gasteiger partial charge in [0.2, 0.25) is 0 Å². The molecular weight excluding hydrogens is 380 g/mol. The molecule has 3 rings (SSSR count). The Labute approximate surface area is 157 Å². The van der Waals surface area contributed by atoms with Crippen LogP contribution < -0.4 is 4.72 Å². The highest BCUT2D eigenvalue weighted by atomic mass is 35.5. The Morgan fingerprint density at radius 1 is 1.20 bits per heavy atom. The standard InChI is InChI=1S/C17H21ClN2O3S2/c1-13-2-4-14(5-3-13)15(12-20-8-10-23-11-9-20)19-25(21,22)17-7-6-16(18)24-17/h2-7,15,19H,8-12H2,1H3. The molecule has 2 heterocycles. The van der Waals surface area contributed by atoms with Crippen LogP contribution in [0.25, 0.3) is 0 Å². The normalized spacial score (nSPS) is 17.5. The van der Waals surface area contributed by atoms with Crippen molar-refractivity contribution in [1.29, 1.82) is 0 Å². The molecule has 25 heavy (non-hydrogen) atoms. The second-order valence-corrected chi connectivity index (χ2v) is 9.71. The van der Waals surface area contributed by atoms with E-state index in [0.29, 0.717) is 24.1 Å². The van der Waals surface area contributed by atoms with E-state index in [-0.39, 0.29) is 10.3 Å². The number of nitrogens with one attached hydrogen (secondary N) is 1. The first-order valence-electron chi connectivity index (χ1n) is 8.08. The number of hydrogen-bond donors (Lipinski definition) is 1. The fourth-order valence-corrected chi connectivity index (χ4v) is 5.45. The average molecular weight is 401 g/mol. The third-order valence-corrected chi connectivity index (χ3v) is 7.33. The highest BCUT2D eigenvalue weighted by molar-refractivity contribution is 7.91. The number of aryl methyl sites for hydroxylation is 1. The second-order valence-electron chi connectivity index (χ2n) is 6.06. The minimum absolute atomic E-state index is 0.233. The number of hydrogen-bond acceptors (Lipinski definition) is 5. The van der Waals surface area contributed by atoms with Crippen LogP contribution in [-0.2, 0) is 14.8 Å². The van der Waals surface area contributed by atoms with Gasteiger partial charge in [-0.2, -0.15) is 0 Å². The lowest BCUT2D eigenvalue weighted by atomic mass is 10.1. The molecule has 1 saturated heterocycles. The molecule has 0 amide bonds. The van der Waals surface area contributed by atoms with Gasteiger partial charge < -0.3 is 4.74 Å². The Balaban J connectivity index is 1.83. The molecule has 0 radical (unpaired) electrons. The minimum Gasteiger partial charge on any atom is -0.379 e. The highest BCUT2D eigenvalue weighted by Crippen LogP contribution is 2.27. The maximum atomic E-state index is 12.7. The summed E-state index contributed by atoms with van der Waals surface area (Å²) in [6, 6.07) is 10.8. The van der Waals surface area contributed by atoms with Crippen LogP contribution in [0.1, 0.15) is 17.2 Å². The SMILES string of the molecule is Cc1ccc(C(CN2CCOCC2)NS(=O)(=O)c2ccc(Cl)s2)cc1. The zero-order valence-corrected chi connectivity index (χ0v) is 16.3. The van der Waals surface area contributed by atoms with Gasteiger partial charge in [0.15, 0.2) is 0 Å². The number of rotatable bonds is 6. The Morgan fingerprint density at radius 3 is 2.48 bits per heavy atom. The van der Waals surface area contributed by atoms with Gasteiger partial charge in [0.25, 0.3) is 10.0 Å². The van der Waals surface area contributed by atoms with Gasteiger partial charge in [0.05, 0.1) is 23.6 Å². The van der Waals surface area contributed by atoms with Crippen LogP contribution in [0.15, 0.2) is 40.6 Å². The summed E-state index contributed by atoms with van der Waals surface area (Å²) in [6.45, 7) is 5.56. The molecule has 0 bridgehead atoms. The molecule has 0 spiro atoms. The van der Waals surface area contributed by atoms with Crippen molar-refractivity contribution in [2.45, 2.75) is 17.2 Å². The quantitative estimate of drug-likeness (QED) is 0.809. The maximum absolute atomic E-state index is 12.7. The number of thiophene rings is 1. The fourth-order valence-electron chi connectivity index (χ4n) is 2.74. The molecule has 1 aromatic carbocycles. The van der Waals surface area contributed by atoms with Crippen LogP contribution in [0, 0.1) is 6.92 Å². The monoisotopic (exact) mass is 400 g/mol. The lowest BCUT2D eigenvalue weighted by Crippen LogP contribution is -2.43. The fraction of sp³-hybridized carbons (Fsp3) is 0.412. The number of morpholine rings is 1. The number of sulfonamides is 1. The first-order valence-corrected chi connectivity index (χ1v) is 10.8. The third kappa shape index (κ3) is 5.03. The van der Waals surface area contributed by atoms with Crippen molar-refractivity contribution in [2.24, 2.45) is 0 Å². The van der Waals surface area contributed by atoms with Crippen molar-refractivity contribution in [2.75, 3.05) is 32.8 Å². The van der Waals surface area contributed by atoms with E-state index in [0.717, 1.165) is 35.6 Å². The van der Waals surface area contributed by atoms with Crippen molar-refractivity contribution >= 4 is 33.0 Å². The van der Waals surface area contributed by atoms with Crippen molar-refractivity contribution in [3.05, 3.63) is 51.9 Å². The van der Waals surface area contributed by atoms with E-state index < -0.39 is 10.0 Å². The summed E-state index contributed by atoms with van der Waals surface area (Å²) in [6.07, 6.45) is 0. The second kappa shape index (κ2) is 8.16. The summed E-state index contributed by atoms with van der Waals surface area (Å²) >= 11 is 6.96. The van der Waals surface area contributed by atoms with E-state index in [1.807, 2.05) is 31.2 Å². The zero-order valence-electron chi connectivity index (χ0n) is 13.9. The summed E-state index contributed by atoms with van der Waals surface area (Å²) in [5.74, 6) is 0. The Morgan fingerprint density at radius 2 is 1.88 bits per heavy atom. The third-order valence-electron chi connectivity index (χ3n) is 4.14. The summed E-state index contributed by atoms with van der Waals surface area (Å²) in [4.78, 5) is 2.22. The summed E-state index contributed by atoms with van der Waals surface area (Å²) in [7, 11) is -3.62. The topological polar surface area (TPSA) is 58.6 Å². The highest BCUT2D eigenvalue weighted by Gasteiger charge is 2.25. The van der Waals surface area contributed by atoms with Crippen molar-refractivity contribution < 1.29 is 13.2 Å². The van der Waals surface area contributed by atoms with Crippen LogP contribution in [0.3, 0.4) is 0 Å². The molecule has 0 saturated carbocycles.